The minimum atomic E-state index is -0.875. The third-order valence-corrected chi connectivity index (χ3v) is 10.8. The van der Waals surface area contributed by atoms with Crippen LogP contribution < -0.4 is 22.1 Å². The number of unbranched alkanes of at least 4 members (excludes halogenated alkanes) is 3. The van der Waals surface area contributed by atoms with E-state index in [1.165, 1.54) is 17.7 Å². The van der Waals surface area contributed by atoms with Crippen molar-refractivity contribution in [2.24, 2.45) is 35.1 Å². The summed E-state index contributed by atoms with van der Waals surface area (Å²) in [6, 6.07) is 14.2. The van der Waals surface area contributed by atoms with Gasteiger partial charge in [-0.15, -0.1) is 0 Å². The molecule has 0 bridgehead atoms. The second-order valence-corrected chi connectivity index (χ2v) is 16.0. The van der Waals surface area contributed by atoms with Gasteiger partial charge in [-0.1, -0.05) is 89.1 Å². The maximum atomic E-state index is 13.9. The van der Waals surface area contributed by atoms with E-state index in [4.69, 9.17) is 16.3 Å². The predicted octanol–water partition coefficient (Wildman–Crippen LogP) is 5.73. The van der Waals surface area contributed by atoms with Gasteiger partial charge in [0, 0.05) is 36.7 Å². The van der Waals surface area contributed by atoms with E-state index >= 15 is 0 Å². The molecule has 0 radical (unpaired) electrons. The molecule has 3 rings (SSSR count). The minimum absolute atomic E-state index is 0.00713. The quantitative estimate of drug-likeness (QED) is 0.0474. The number of ketones is 3. The highest BCUT2D eigenvalue weighted by Gasteiger charge is 2.40. The number of hydroxylamine groups is 2. The molecule has 12 nitrogen and oxygen atoms in total. The summed E-state index contributed by atoms with van der Waals surface area (Å²) in [6.07, 6.45) is 6.89. The Labute approximate surface area is 339 Å². The van der Waals surface area contributed by atoms with E-state index in [1.54, 1.807) is 19.1 Å². The first-order valence-corrected chi connectivity index (χ1v) is 21.0. The second-order valence-electron chi connectivity index (χ2n) is 16.0. The molecule has 12 heteroatoms. The first kappa shape index (κ1) is 47.1. The number of hydrogen-bond acceptors (Lipinski definition) is 9. The first-order valence-electron chi connectivity index (χ1n) is 21.0. The van der Waals surface area contributed by atoms with Crippen molar-refractivity contribution in [2.45, 2.75) is 123 Å². The number of β-lactam (4-membered cyclic amide) rings is 1. The van der Waals surface area contributed by atoms with Gasteiger partial charge in [0.25, 0.3) is 5.91 Å². The van der Waals surface area contributed by atoms with Crippen LogP contribution in [0.25, 0.3) is 11.1 Å². The molecule has 0 saturated carbocycles. The minimum Gasteiger partial charge on any atom is -0.346 e. The van der Waals surface area contributed by atoms with Crippen molar-refractivity contribution in [1.82, 2.24) is 15.7 Å². The third kappa shape index (κ3) is 15.2. The second kappa shape index (κ2) is 24.5. The van der Waals surface area contributed by atoms with E-state index < -0.39 is 35.7 Å². The molecule has 57 heavy (non-hydrogen) atoms. The van der Waals surface area contributed by atoms with E-state index in [9.17, 15) is 28.8 Å². The maximum absolute atomic E-state index is 13.9. The number of benzene rings is 2. The highest BCUT2D eigenvalue weighted by molar-refractivity contribution is 6.00. The Bertz CT molecular complexity index is 1610. The summed E-state index contributed by atoms with van der Waals surface area (Å²) in [5.41, 5.74) is 15.4. The summed E-state index contributed by atoms with van der Waals surface area (Å²) in [7, 11) is 1.40. The number of aryl methyl sites for hydroxylation is 1. The molecule has 2 aromatic rings. The molecule has 5 atom stereocenters. The molecule has 0 unspecified atom stereocenters. The normalized spacial score (nSPS) is 16.0. The van der Waals surface area contributed by atoms with Crippen LogP contribution >= 0.6 is 0 Å². The zero-order valence-electron chi connectivity index (χ0n) is 34.9. The van der Waals surface area contributed by atoms with Gasteiger partial charge >= 0.3 is 0 Å². The van der Waals surface area contributed by atoms with Crippen molar-refractivity contribution in [1.29, 1.82) is 0 Å². The zero-order chi connectivity index (χ0) is 41.9. The topological polar surface area (TPSA) is 191 Å². The lowest BCUT2D eigenvalue weighted by Crippen LogP contribution is -2.54. The van der Waals surface area contributed by atoms with Crippen LogP contribution in [0.4, 0.5) is 0 Å². The van der Waals surface area contributed by atoms with E-state index in [1.807, 2.05) is 26.0 Å². The van der Waals surface area contributed by atoms with Crippen LogP contribution in [-0.2, 0) is 35.2 Å². The molecule has 1 saturated heterocycles. The van der Waals surface area contributed by atoms with Gasteiger partial charge in [-0.05, 0) is 87.1 Å². The molecular weight excluding hydrogens is 723 g/mol. The molecule has 6 N–H and O–H groups in total. The Kier molecular flexibility index (Phi) is 20.3. The molecule has 1 fully saturated rings. The first-order chi connectivity index (χ1) is 27.3. The largest absolute Gasteiger partial charge is 0.346 e. The lowest BCUT2D eigenvalue weighted by molar-refractivity contribution is -0.209. The average Bonchev–Trinajstić information content (AvgIpc) is 3.20. The Morgan fingerprint density at radius 1 is 0.772 bits per heavy atom. The van der Waals surface area contributed by atoms with Crippen molar-refractivity contribution in [3.8, 4) is 11.1 Å². The standard InChI is InChI=1S/C45H67N5O7/c1-6-7-12-32-15-17-33(18-16-32)34-19-21-35(22-20-34)40(51)27-36(13-8-10-23-46)44(55)48-38(14-9-11-24-47)41(52)26-31(4)43(54)49-39(25-30(2)3)42(53)28-37-29-50(57-5)45(37)56/h15-22,30-31,36-39H,6-14,23-29,46-47H2,1-5H3,(H,48,55)(H,49,54)/t31-,36-,37-,38+,39+/m1/s1. The van der Waals surface area contributed by atoms with Crippen LogP contribution in [-0.4, -0.2) is 79.0 Å². The molecule has 1 aliphatic heterocycles. The molecule has 0 aromatic heterocycles. The highest BCUT2D eigenvalue weighted by atomic mass is 16.7. The van der Waals surface area contributed by atoms with Gasteiger partial charge in [-0.2, -0.15) is 0 Å². The number of amides is 3. The van der Waals surface area contributed by atoms with Crippen LogP contribution in [0.15, 0.2) is 48.5 Å². The number of carbonyl (C=O) groups excluding carboxylic acids is 6. The van der Waals surface area contributed by atoms with E-state index in [-0.39, 0.29) is 54.3 Å². The van der Waals surface area contributed by atoms with Gasteiger partial charge in [-0.3, -0.25) is 33.6 Å². The number of nitrogens with zero attached hydrogens (tertiary/aromatic N) is 1. The van der Waals surface area contributed by atoms with Crippen molar-refractivity contribution >= 4 is 35.1 Å². The molecular formula is C45H67N5O7. The molecule has 314 valence electrons. The van der Waals surface area contributed by atoms with E-state index in [2.05, 4.69) is 41.8 Å². The van der Waals surface area contributed by atoms with E-state index in [0.29, 0.717) is 70.1 Å². The monoisotopic (exact) mass is 790 g/mol. The number of nitrogens with two attached hydrogens (primary N) is 2. The molecule has 1 heterocycles. The van der Waals surface area contributed by atoms with Crippen molar-refractivity contribution < 1.29 is 33.6 Å². The van der Waals surface area contributed by atoms with Crippen LogP contribution in [0.3, 0.4) is 0 Å². The predicted molar refractivity (Wildman–Crippen MR) is 223 cm³/mol. The number of nitrogens with one attached hydrogen (secondary N) is 2. The van der Waals surface area contributed by atoms with Crippen molar-refractivity contribution in [2.75, 3.05) is 26.7 Å². The van der Waals surface area contributed by atoms with Crippen LogP contribution in [0.2, 0.25) is 0 Å². The SMILES string of the molecule is CCCCc1ccc(-c2ccc(C(=O)C[C@@H](CCCCN)C(=O)N[C@@H](CCCCN)C(=O)C[C@@H](C)C(=O)N[C@@H](CC(C)C)C(=O)C[C@@H]3CN(OC)C3=O)cc2)cc1. The number of Topliss-reactive ketones (excluding diaryl/α,β-unsaturated/α-hetero) is 3. The Morgan fingerprint density at radius 2 is 1.37 bits per heavy atom. The summed E-state index contributed by atoms with van der Waals surface area (Å²) in [5, 5.41) is 6.97. The summed E-state index contributed by atoms with van der Waals surface area (Å²) < 4.78 is 0. The van der Waals surface area contributed by atoms with Gasteiger partial charge in [0.15, 0.2) is 17.3 Å². The smallest absolute Gasteiger partial charge is 0.251 e. The van der Waals surface area contributed by atoms with Gasteiger partial charge in [0.05, 0.1) is 31.7 Å². The molecule has 3 amide bonds. The third-order valence-electron chi connectivity index (χ3n) is 10.8. The van der Waals surface area contributed by atoms with Crippen LogP contribution in [0.1, 0.15) is 121 Å². The van der Waals surface area contributed by atoms with Crippen LogP contribution in [0, 0.1) is 23.7 Å². The molecule has 1 aliphatic rings. The zero-order valence-corrected chi connectivity index (χ0v) is 34.9. The molecule has 0 aliphatic carbocycles. The van der Waals surface area contributed by atoms with E-state index in [0.717, 1.165) is 30.4 Å². The fraction of sp³-hybridized carbons (Fsp3) is 0.600. The van der Waals surface area contributed by atoms with Crippen molar-refractivity contribution in [3.63, 3.8) is 0 Å². The Balaban J connectivity index is 1.67. The highest BCUT2D eigenvalue weighted by Crippen LogP contribution is 2.25. The van der Waals surface area contributed by atoms with Gasteiger partial charge < -0.3 is 22.1 Å². The average molecular weight is 790 g/mol. The molecule has 2 aromatic carbocycles. The molecule has 0 spiro atoms. The fourth-order valence-corrected chi connectivity index (χ4v) is 7.15. The van der Waals surface area contributed by atoms with Gasteiger partial charge in [-0.25, -0.2) is 5.06 Å². The maximum Gasteiger partial charge on any atom is 0.251 e. The number of carbonyl (C=O) groups is 6. The summed E-state index contributed by atoms with van der Waals surface area (Å²) >= 11 is 0. The fourth-order valence-electron chi connectivity index (χ4n) is 7.15. The number of rotatable bonds is 28. The Morgan fingerprint density at radius 3 is 1.93 bits per heavy atom. The van der Waals surface area contributed by atoms with Crippen LogP contribution in [0.5, 0.6) is 0 Å². The summed E-state index contributed by atoms with van der Waals surface area (Å²) in [5.74, 6) is -3.67. The summed E-state index contributed by atoms with van der Waals surface area (Å²) in [6.45, 7) is 8.88. The number of hydrogen-bond donors (Lipinski definition) is 4. The summed E-state index contributed by atoms with van der Waals surface area (Å²) in [4.78, 5) is 85.1. The van der Waals surface area contributed by atoms with Gasteiger partial charge in [0.1, 0.15) is 0 Å². The Hall–Kier alpha value is -4.26. The lowest BCUT2D eigenvalue weighted by atomic mass is 9.89. The van der Waals surface area contributed by atoms with Crippen molar-refractivity contribution in [3.05, 3.63) is 59.7 Å². The lowest BCUT2D eigenvalue weighted by Gasteiger charge is -2.36. The van der Waals surface area contributed by atoms with Gasteiger partial charge in [0.2, 0.25) is 11.8 Å².